The monoisotopic (exact) mass is 326 g/mol. The van der Waals surface area contributed by atoms with Gasteiger partial charge in [-0.25, -0.2) is 4.39 Å². The molecule has 0 saturated heterocycles. The predicted octanol–water partition coefficient (Wildman–Crippen LogP) is 2.94. The molecule has 1 unspecified atom stereocenters. The van der Waals surface area contributed by atoms with E-state index in [0.717, 1.165) is 11.4 Å². The van der Waals surface area contributed by atoms with Gasteiger partial charge in [0.05, 0.1) is 5.69 Å². The van der Waals surface area contributed by atoms with Crippen LogP contribution in [0.4, 0.5) is 10.2 Å². The van der Waals surface area contributed by atoms with Gasteiger partial charge in [0.25, 0.3) is 0 Å². The van der Waals surface area contributed by atoms with Crippen molar-refractivity contribution in [2.75, 3.05) is 11.9 Å². The molecule has 1 atom stereocenters. The fraction of sp³-hybridized carbons (Fsp3) is 0.294. The summed E-state index contributed by atoms with van der Waals surface area (Å²) in [5.74, 6) is 1.52. The number of anilines is 1. The average Bonchev–Trinajstić information content (AvgIpc) is 2.99. The summed E-state index contributed by atoms with van der Waals surface area (Å²) in [4.78, 5) is 0. The minimum Gasteiger partial charge on any atom is -0.368 e. The highest BCUT2D eigenvalue weighted by atomic mass is 19.1. The Hall–Kier alpha value is -2.83. The molecule has 7 heteroatoms. The zero-order valence-electron chi connectivity index (χ0n) is 13.9. The van der Waals surface area contributed by atoms with Gasteiger partial charge >= 0.3 is 0 Å². The molecule has 0 radical (unpaired) electrons. The number of hydrogen-bond donors (Lipinski definition) is 1. The van der Waals surface area contributed by atoms with Gasteiger partial charge < -0.3 is 9.88 Å². The van der Waals surface area contributed by atoms with E-state index < -0.39 is 0 Å². The Morgan fingerprint density at radius 2 is 2.04 bits per heavy atom. The topological polar surface area (TPSA) is 68.5 Å². The van der Waals surface area contributed by atoms with Crippen molar-refractivity contribution in [3.05, 3.63) is 53.9 Å². The lowest BCUT2D eigenvalue weighted by molar-refractivity contribution is 0.628. The zero-order valence-corrected chi connectivity index (χ0v) is 13.9. The van der Waals surface area contributed by atoms with E-state index in [4.69, 9.17) is 0 Å². The smallest absolute Gasteiger partial charge is 0.151 e. The van der Waals surface area contributed by atoms with Crippen molar-refractivity contribution in [2.45, 2.75) is 19.8 Å². The largest absolute Gasteiger partial charge is 0.368 e. The SMILES string of the molecule is Cc1cc(-c2cccc(F)c2)nnc1NCC(C)c1nncn1C. The van der Waals surface area contributed by atoms with Crippen LogP contribution in [0.3, 0.4) is 0 Å². The molecule has 124 valence electrons. The molecule has 2 heterocycles. The maximum absolute atomic E-state index is 13.3. The maximum Gasteiger partial charge on any atom is 0.151 e. The fourth-order valence-corrected chi connectivity index (χ4v) is 2.53. The molecule has 0 spiro atoms. The van der Waals surface area contributed by atoms with Gasteiger partial charge in [-0.15, -0.1) is 20.4 Å². The molecule has 2 aromatic heterocycles. The Kier molecular flexibility index (Phi) is 4.50. The quantitative estimate of drug-likeness (QED) is 0.781. The molecule has 0 aliphatic heterocycles. The van der Waals surface area contributed by atoms with Crippen LogP contribution in [0.1, 0.15) is 24.2 Å². The second-order valence-electron chi connectivity index (χ2n) is 5.85. The van der Waals surface area contributed by atoms with Gasteiger partial charge in [-0.1, -0.05) is 19.1 Å². The van der Waals surface area contributed by atoms with Crippen LogP contribution in [0.15, 0.2) is 36.7 Å². The first kappa shape index (κ1) is 16.0. The second-order valence-corrected chi connectivity index (χ2v) is 5.85. The van der Waals surface area contributed by atoms with Crippen LogP contribution < -0.4 is 5.32 Å². The first-order chi connectivity index (χ1) is 11.5. The van der Waals surface area contributed by atoms with E-state index in [1.165, 1.54) is 12.1 Å². The lowest BCUT2D eigenvalue weighted by Crippen LogP contribution is -2.15. The summed E-state index contributed by atoms with van der Waals surface area (Å²) in [6.45, 7) is 4.69. The molecule has 0 saturated carbocycles. The molecular formula is C17H19FN6. The van der Waals surface area contributed by atoms with Crippen LogP contribution in [-0.2, 0) is 7.05 Å². The minimum atomic E-state index is -0.286. The molecule has 0 amide bonds. The molecule has 3 rings (SSSR count). The molecule has 0 bridgehead atoms. The molecule has 0 fully saturated rings. The Labute approximate surface area is 139 Å². The first-order valence-electron chi connectivity index (χ1n) is 7.72. The summed E-state index contributed by atoms with van der Waals surface area (Å²) < 4.78 is 15.2. The fourth-order valence-electron chi connectivity index (χ4n) is 2.53. The molecule has 1 N–H and O–H groups in total. The number of benzene rings is 1. The van der Waals surface area contributed by atoms with Crippen LogP contribution in [0.2, 0.25) is 0 Å². The number of hydrogen-bond acceptors (Lipinski definition) is 5. The van der Waals surface area contributed by atoms with Gasteiger partial charge in [0, 0.05) is 25.1 Å². The van der Waals surface area contributed by atoms with Crippen molar-refractivity contribution in [3.63, 3.8) is 0 Å². The Morgan fingerprint density at radius 1 is 1.21 bits per heavy atom. The van der Waals surface area contributed by atoms with E-state index in [9.17, 15) is 4.39 Å². The van der Waals surface area contributed by atoms with Crippen molar-refractivity contribution in [1.82, 2.24) is 25.0 Å². The third-order valence-corrected chi connectivity index (χ3v) is 3.87. The van der Waals surface area contributed by atoms with E-state index in [1.54, 1.807) is 12.4 Å². The summed E-state index contributed by atoms with van der Waals surface area (Å²) in [5, 5.41) is 19.7. The summed E-state index contributed by atoms with van der Waals surface area (Å²) in [6, 6.07) is 8.24. The van der Waals surface area contributed by atoms with E-state index in [1.807, 2.05) is 30.7 Å². The van der Waals surface area contributed by atoms with Crippen LogP contribution in [-0.4, -0.2) is 31.5 Å². The standard InChI is InChI=1S/C17H19FN6/c1-11-7-15(13-5-4-6-14(18)8-13)21-22-16(11)19-9-12(2)17-23-20-10-24(17)3/h4-8,10,12H,9H2,1-3H3,(H,19,22). The normalized spacial score (nSPS) is 12.2. The van der Waals surface area contributed by atoms with Gasteiger partial charge in [-0.2, -0.15) is 0 Å². The van der Waals surface area contributed by atoms with Crippen molar-refractivity contribution < 1.29 is 4.39 Å². The lowest BCUT2D eigenvalue weighted by Gasteiger charge is -2.13. The van der Waals surface area contributed by atoms with Gasteiger partial charge in [0.1, 0.15) is 18.0 Å². The summed E-state index contributed by atoms with van der Waals surface area (Å²) in [6.07, 6.45) is 1.69. The van der Waals surface area contributed by atoms with Crippen LogP contribution in [0.25, 0.3) is 11.3 Å². The Balaban J connectivity index is 1.72. The average molecular weight is 326 g/mol. The third-order valence-electron chi connectivity index (χ3n) is 3.87. The molecule has 24 heavy (non-hydrogen) atoms. The van der Waals surface area contributed by atoms with Crippen molar-refractivity contribution >= 4 is 5.82 Å². The van der Waals surface area contributed by atoms with Gasteiger partial charge in [0.2, 0.25) is 0 Å². The Bertz CT molecular complexity index is 845. The number of aromatic nitrogens is 5. The van der Waals surface area contributed by atoms with E-state index in [-0.39, 0.29) is 11.7 Å². The van der Waals surface area contributed by atoms with Gasteiger partial charge in [-0.3, -0.25) is 0 Å². The summed E-state index contributed by atoms with van der Waals surface area (Å²) in [5.41, 5.74) is 2.32. The molecule has 1 aromatic carbocycles. The van der Waals surface area contributed by atoms with E-state index in [0.29, 0.717) is 23.6 Å². The van der Waals surface area contributed by atoms with Crippen molar-refractivity contribution in [2.24, 2.45) is 7.05 Å². The summed E-state index contributed by atoms with van der Waals surface area (Å²) >= 11 is 0. The zero-order chi connectivity index (χ0) is 17.1. The minimum absolute atomic E-state index is 0.182. The Morgan fingerprint density at radius 3 is 2.71 bits per heavy atom. The maximum atomic E-state index is 13.3. The molecule has 6 nitrogen and oxygen atoms in total. The molecule has 0 aliphatic rings. The first-order valence-corrected chi connectivity index (χ1v) is 7.72. The second kappa shape index (κ2) is 6.74. The highest BCUT2D eigenvalue weighted by Crippen LogP contribution is 2.21. The van der Waals surface area contributed by atoms with E-state index >= 15 is 0 Å². The number of halogens is 1. The van der Waals surface area contributed by atoms with Gasteiger partial charge in [0.15, 0.2) is 5.82 Å². The van der Waals surface area contributed by atoms with Crippen molar-refractivity contribution in [3.8, 4) is 11.3 Å². The van der Waals surface area contributed by atoms with E-state index in [2.05, 4.69) is 32.6 Å². The number of rotatable bonds is 5. The number of nitrogens with one attached hydrogen (secondary N) is 1. The van der Waals surface area contributed by atoms with Crippen LogP contribution in [0, 0.1) is 12.7 Å². The van der Waals surface area contributed by atoms with Crippen molar-refractivity contribution in [1.29, 1.82) is 0 Å². The highest BCUT2D eigenvalue weighted by Gasteiger charge is 2.13. The van der Waals surface area contributed by atoms with Crippen LogP contribution in [0.5, 0.6) is 0 Å². The molecule has 0 aliphatic carbocycles. The predicted molar refractivity (Wildman–Crippen MR) is 90.1 cm³/mol. The summed E-state index contributed by atoms with van der Waals surface area (Å²) in [7, 11) is 1.92. The number of nitrogens with zero attached hydrogens (tertiary/aromatic N) is 5. The van der Waals surface area contributed by atoms with Gasteiger partial charge in [-0.05, 0) is 30.7 Å². The lowest BCUT2D eigenvalue weighted by atomic mass is 10.1. The highest BCUT2D eigenvalue weighted by molar-refractivity contribution is 5.61. The van der Waals surface area contributed by atoms with Crippen LogP contribution >= 0.6 is 0 Å². The molecule has 3 aromatic rings. The third kappa shape index (κ3) is 3.40. The molecular weight excluding hydrogens is 307 g/mol. The number of aryl methyl sites for hydroxylation is 2.